The van der Waals surface area contributed by atoms with Gasteiger partial charge in [0, 0.05) is 4.47 Å². The first kappa shape index (κ1) is 14.5. The predicted molar refractivity (Wildman–Crippen MR) is 85.9 cm³/mol. The summed E-state index contributed by atoms with van der Waals surface area (Å²) >= 11 is 3.32. The molecule has 1 atom stereocenters. The quantitative estimate of drug-likeness (QED) is 0.781. The maximum atomic E-state index is 12.6. The van der Waals surface area contributed by atoms with Gasteiger partial charge in [0.05, 0.1) is 17.2 Å². The Morgan fingerprint density at radius 3 is 2.59 bits per heavy atom. The Morgan fingerprint density at radius 2 is 1.91 bits per heavy atom. The molecule has 0 spiro atoms. The van der Waals surface area contributed by atoms with E-state index in [0.29, 0.717) is 16.5 Å². The zero-order valence-electron chi connectivity index (χ0n) is 11.3. The van der Waals surface area contributed by atoms with Crippen LogP contribution in [0, 0.1) is 0 Å². The van der Waals surface area contributed by atoms with E-state index in [1.54, 1.807) is 48.5 Å². The third-order valence-corrected chi connectivity index (χ3v) is 3.87. The van der Waals surface area contributed by atoms with Crippen molar-refractivity contribution in [3.05, 3.63) is 75.2 Å². The molecule has 0 saturated carbocycles. The number of halogens is 1. The Hall–Kier alpha value is -2.47. The van der Waals surface area contributed by atoms with E-state index in [1.807, 2.05) is 0 Å². The van der Waals surface area contributed by atoms with Crippen molar-refractivity contribution >= 4 is 32.8 Å². The molecule has 0 amide bonds. The van der Waals surface area contributed by atoms with Gasteiger partial charge in [0.1, 0.15) is 0 Å². The zero-order valence-corrected chi connectivity index (χ0v) is 12.9. The third-order valence-electron chi connectivity index (χ3n) is 3.37. The van der Waals surface area contributed by atoms with Crippen molar-refractivity contribution < 1.29 is 9.90 Å². The Morgan fingerprint density at radius 1 is 1.18 bits per heavy atom. The lowest BCUT2D eigenvalue weighted by Crippen LogP contribution is -2.30. The topological polar surface area (TPSA) is 72.2 Å². The standard InChI is InChI=1S/C16H11BrN2O3/c17-11-6-7-12-13(8-11)18-9-19(15(12)20)14(16(21)22)10-4-2-1-3-5-10/h1-9,14H,(H,21,22). The molecule has 6 heteroatoms. The van der Waals surface area contributed by atoms with Gasteiger partial charge in [0.15, 0.2) is 6.04 Å². The van der Waals surface area contributed by atoms with Gasteiger partial charge < -0.3 is 5.11 Å². The molecule has 0 saturated heterocycles. The number of carboxylic acids is 1. The fourth-order valence-corrected chi connectivity index (χ4v) is 2.70. The van der Waals surface area contributed by atoms with E-state index in [9.17, 15) is 14.7 Å². The van der Waals surface area contributed by atoms with Crippen LogP contribution in [-0.2, 0) is 4.79 Å². The van der Waals surface area contributed by atoms with Crippen molar-refractivity contribution in [2.45, 2.75) is 6.04 Å². The lowest BCUT2D eigenvalue weighted by atomic mass is 10.1. The van der Waals surface area contributed by atoms with Crippen molar-refractivity contribution in [3.63, 3.8) is 0 Å². The normalized spacial score (nSPS) is 12.2. The molecular weight excluding hydrogens is 348 g/mol. The second-order valence-electron chi connectivity index (χ2n) is 4.77. The summed E-state index contributed by atoms with van der Waals surface area (Å²) in [7, 11) is 0. The summed E-state index contributed by atoms with van der Waals surface area (Å²) in [5.74, 6) is -1.11. The third kappa shape index (κ3) is 2.53. The minimum Gasteiger partial charge on any atom is -0.479 e. The van der Waals surface area contributed by atoms with E-state index in [-0.39, 0.29) is 5.56 Å². The van der Waals surface area contributed by atoms with Gasteiger partial charge in [-0.05, 0) is 23.8 Å². The van der Waals surface area contributed by atoms with Crippen molar-refractivity contribution in [1.82, 2.24) is 9.55 Å². The smallest absolute Gasteiger partial charge is 0.331 e. The van der Waals surface area contributed by atoms with Crippen LogP contribution >= 0.6 is 15.9 Å². The molecule has 110 valence electrons. The first-order chi connectivity index (χ1) is 10.6. The van der Waals surface area contributed by atoms with Gasteiger partial charge in [-0.15, -0.1) is 0 Å². The molecule has 5 nitrogen and oxygen atoms in total. The number of carbonyl (C=O) groups is 1. The summed E-state index contributed by atoms with van der Waals surface area (Å²) in [4.78, 5) is 28.5. The van der Waals surface area contributed by atoms with Gasteiger partial charge in [-0.1, -0.05) is 46.3 Å². The largest absolute Gasteiger partial charge is 0.479 e. The number of aliphatic carboxylic acids is 1. The number of nitrogens with zero attached hydrogens (tertiary/aromatic N) is 2. The molecule has 0 aliphatic rings. The monoisotopic (exact) mass is 358 g/mol. The van der Waals surface area contributed by atoms with Crippen molar-refractivity contribution in [2.75, 3.05) is 0 Å². The molecule has 0 aliphatic carbocycles. The summed E-state index contributed by atoms with van der Waals surface area (Å²) < 4.78 is 1.95. The van der Waals surface area contributed by atoms with Crippen LogP contribution in [0.2, 0.25) is 0 Å². The zero-order chi connectivity index (χ0) is 15.7. The van der Waals surface area contributed by atoms with Crippen LogP contribution < -0.4 is 5.56 Å². The molecule has 0 fully saturated rings. The SMILES string of the molecule is O=C(O)C(c1ccccc1)n1cnc2cc(Br)ccc2c1=O. The summed E-state index contributed by atoms with van der Waals surface area (Å²) in [5, 5.41) is 9.91. The summed E-state index contributed by atoms with van der Waals surface area (Å²) in [5.41, 5.74) is 0.664. The Balaban J connectivity index is 2.23. The first-order valence-corrected chi connectivity index (χ1v) is 7.31. The van der Waals surface area contributed by atoms with Gasteiger partial charge in [0.2, 0.25) is 0 Å². The molecule has 1 unspecified atom stereocenters. The van der Waals surface area contributed by atoms with Crippen LogP contribution in [0.25, 0.3) is 10.9 Å². The van der Waals surface area contributed by atoms with Crippen LogP contribution in [0.5, 0.6) is 0 Å². The molecule has 2 aromatic carbocycles. The van der Waals surface area contributed by atoms with Crippen LogP contribution in [0.1, 0.15) is 11.6 Å². The van der Waals surface area contributed by atoms with Crippen LogP contribution in [0.4, 0.5) is 0 Å². The average Bonchev–Trinajstić information content (AvgIpc) is 2.50. The second-order valence-corrected chi connectivity index (χ2v) is 5.69. The maximum absolute atomic E-state index is 12.6. The molecule has 0 aliphatic heterocycles. The molecule has 1 heterocycles. The van der Waals surface area contributed by atoms with Crippen LogP contribution in [0.3, 0.4) is 0 Å². The van der Waals surface area contributed by atoms with E-state index < -0.39 is 12.0 Å². The fourth-order valence-electron chi connectivity index (χ4n) is 2.35. The summed E-state index contributed by atoms with van der Waals surface area (Å²) in [6.45, 7) is 0. The van der Waals surface area contributed by atoms with Gasteiger partial charge in [-0.3, -0.25) is 9.36 Å². The average molecular weight is 359 g/mol. The van der Waals surface area contributed by atoms with E-state index in [1.165, 1.54) is 6.33 Å². The number of hydrogen-bond donors (Lipinski definition) is 1. The van der Waals surface area contributed by atoms with Gasteiger partial charge in [-0.2, -0.15) is 0 Å². The molecule has 1 N–H and O–H groups in total. The Bertz CT molecular complexity index is 906. The van der Waals surface area contributed by atoms with Crippen molar-refractivity contribution in [2.24, 2.45) is 0 Å². The second kappa shape index (κ2) is 5.73. The minimum atomic E-state index is -1.11. The molecular formula is C16H11BrN2O3. The highest BCUT2D eigenvalue weighted by atomic mass is 79.9. The number of fused-ring (bicyclic) bond motifs is 1. The number of carboxylic acid groups (broad SMARTS) is 1. The molecule has 0 radical (unpaired) electrons. The van der Waals surface area contributed by atoms with Crippen LogP contribution in [0.15, 0.2) is 64.1 Å². The van der Waals surface area contributed by atoms with E-state index in [0.717, 1.165) is 9.04 Å². The maximum Gasteiger partial charge on any atom is 0.331 e. The van der Waals surface area contributed by atoms with Crippen LogP contribution in [-0.4, -0.2) is 20.6 Å². The number of rotatable bonds is 3. The molecule has 1 aromatic heterocycles. The summed E-state index contributed by atoms with van der Waals surface area (Å²) in [6, 6.07) is 12.6. The number of aromatic nitrogens is 2. The van der Waals surface area contributed by atoms with Crippen molar-refractivity contribution in [1.29, 1.82) is 0 Å². The molecule has 22 heavy (non-hydrogen) atoms. The Kier molecular flexibility index (Phi) is 3.77. The highest BCUT2D eigenvalue weighted by molar-refractivity contribution is 9.10. The van der Waals surface area contributed by atoms with Gasteiger partial charge >= 0.3 is 5.97 Å². The lowest BCUT2D eigenvalue weighted by molar-refractivity contribution is -0.139. The van der Waals surface area contributed by atoms with E-state index in [2.05, 4.69) is 20.9 Å². The fraction of sp³-hybridized carbons (Fsp3) is 0.0625. The Labute approximate surface area is 134 Å². The van der Waals surface area contributed by atoms with Gasteiger partial charge in [-0.25, -0.2) is 9.78 Å². The van der Waals surface area contributed by atoms with E-state index >= 15 is 0 Å². The minimum absolute atomic E-state index is 0.381. The highest BCUT2D eigenvalue weighted by Gasteiger charge is 2.23. The molecule has 0 bridgehead atoms. The molecule has 3 rings (SSSR count). The highest BCUT2D eigenvalue weighted by Crippen LogP contribution is 2.19. The predicted octanol–water partition coefficient (Wildman–Crippen LogP) is 2.83. The van der Waals surface area contributed by atoms with E-state index in [4.69, 9.17) is 0 Å². The van der Waals surface area contributed by atoms with Crippen molar-refractivity contribution in [3.8, 4) is 0 Å². The number of hydrogen-bond acceptors (Lipinski definition) is 3. The first-order valence-electron chi connectivity index (χ1n) is 6.52. The number of benzene rings is 2. The summed E-state index contributed by atoms with van der Waals surface area (Å²) in [6.07, 6.45) is 1.28. The molecule has 3 aromatic rings. The van der Waals surface area contributed by atoms with Gasteiger partial charge in [0.25, 0.3) is 5.56 Å². The lowest BCUT2D eigenvalue weighted by Gasteiger charge is -2.16.